The van der Waals surface area contributed by atoms with Crippen molar-refractivity contribution in [3.63, 3.8) is 0 Å². The summed E-state index contributed by atoms with van der Waals surface area (Å²) >= 11 is 0. The highest BCUT2D eigenvalue weighted by molar-refractivity contribution is 5.92. The molecule has 0 aromatic heterocycles. The fourth-order valence-electron chi connectivity index (χ4n) is 1.43. The molecule has 4 heteroatoms. The van der Waals surface area contributed by atoms with Gasteiger partial charge in [0.25, 0.3) is 0 Å². The summed E-state index contributed by atoms with van der Waals surface area (Å²) in [7, 11) is 0. The van der Waals surface area contributed by atoms with E-state index in [2.05, 4.69) is 11.9 Å². The van der Waals surface area contributed by atoms with Crippen molar-refractivity contribution < 1.29 is 9.53 Å². The normalized spacial score (nSPS) is 9.88. The molecule has 0 aliphatic carbocycles. The molecule has 0 bridgehead atoms. The van der Waals surface area contributed by atoms with Crippen LogP contribution in [0.1, 0.15) is 22.3 Å². The van der Waals surface area contributed by atoms with Gasteiger partial charge in [-0.05, 0) is 30.7 Å². The van der Waals surface area contributed by atoms with E-state index in [-0.39, 0.29) is 0 Å². The van der Waals surface area contributed by atoms with Crippen LogP contribution in [-0.4, -0.2) is 19.1 Å². The number of hydrogen-bond donors (Lipinski definition) is 2. The number of nitrogens with two attached hydrogens (primary N) is 1. The monoisotopic (exact) mass is 234 g/mol. The van der Waals surface area contributed by atoms with E-state index in [9.17, 15) is 4.79 Å². The van der Waals surface area contributed by atoms with Crippen molar-refractivity contribution in [2.75, 3.05) is 13.2 Å². The molecule has 4 nitrogen and oxygen atoms in total. The van der Waals surface area contributed by atoms with E-state index in [1.54, 1.807) is 12.1 Å². The van der Waals surface area contributed by atoms with E-state index in [1.807, 2.05) is 12.1 Å². The second-order valence-corrected chi connectivity index (χ2v) is 3.63. The summed E-state index contributed by atoms with van der Waals surface area (Å²) in [5, 5.41) is 3.26. The molecule has 0 heterocycles. The molecular formula is C13H18N2O2. The van der Waals surface area contributed by atoms with Gasteiger partial charge in [0.1, 0.15) is 0 Å². The van der Waals surface area contributed by atoms with Gasteiger partial charge in [-0.2, -0.15) is 0 Å². The molecule has 1 rings (SSSR count). The lowest BCUT2D eigenvalue weighted by atomic mass is 10.1. The molecule has 0 aliphatic rings. The molecule has 0 spiro atoms. The van der Waals surface area contributed by atoms with Crippen LogP contribution < -0.4 is 11.1 Å². The third-order valence-electron chi connectivity index (χ3n) is 2.27. The first kappa shape index (κ1) is 13.3. The van der Waals surface area contributed by atoms with Gasteiger partial charge in [0, 0.05) is 12.1 Å². The molecular weight excluding hydrogens is 216 g/mol. The van der Waals surface area contributed by atoms with E-state index in [0.29, 0.717) is 12.2 Å². The number of primary amides is 1. The van der Waals surface area contributed by atoms with E-state index < -0.39 is 5.91 Å². The number of ether oxygens (including phenoxy) is 1. The van der Waals surface area contributed by atoms with Gasteiger partial charge in [-0.15, -0.1) is 0 Å². The second kappa shape index (κ2) is 7.46. The summed E-state index contributed by atoms with van der Waals surface area (Å²) in [6, 6.07) is 7.30. The number of carbonyl (C=O) groups excluding carboxylic acids is 1. The van der Waals surface area contributed by atoms with Crippen molar-refractivity contribution >= 4 is 5.91 Å². The van der Waals surface area contributed by atoms with Crippen LogP contribution in [0.4, 0.5) is 0 Å². The first-order chi connectivity index (χ1) is 8.24. The molecule has 92 valence electrons. The van der Waals surface area contributed by atoms with Crippen LogP contribution in [0.3, 0.4) is 0 Å². The average molecular weight is 234 g/mol. The summed E-state index contributed by atoms with van der Waals surface area (Å²) < 4.78 is 5.00. The fourth-order valence-corrected chi connectivity index (χ4v) is 1.43. The van der Waals surface area contributed by atoms with E-state index in [4.69, 9.17) is 10.5 Å². The van der Waals surface area contributed by atoms with Crippen molar-refractivity contribution in [2.45, 2.75) is 13.0 Å². The Labute approximate surface area is 101 Å². The van der Waals surface area contributed by atoms with Crippen molar-refractivity contribution in [3.8, 4) is 0 Å². The van der Waals surface area contributed by atoms with E-state index >= 15 is 0 Å². The van der Waals surface area contributed by atoms with Crippen molar-refractivity contribution in [1.29, 1.82) is 0 Å². The lowest BCUT2D eigenvalue weighted by Crippen LogP contribution is -2.17. The van der Waals surface area contributed by atoms with Crippen LogP contribution in [0.5, 0.6) is 0 Å². The predicted octanol–water partition coefficient (Wildman–Crippen LogP) is 1.43. The third-order valence-corrected chi connectivity index (χ3v) is 2.27. The van der Waals surface area contributed by atoms with Gasteiger partial charge in [-0.25, -0.2) is 0 Å². The topological polar surface area (TPSA) is 64.3 Å². The number of carbonyl (C=O) groups is 1. The highest BCUT2D eigenvalue weighted by atomic mass is 16.5. The molecule has 0 aliphatic heterocycles. The highest BCUT2D eigenvalue weighted by Crippen LogP contribution is 2.04. The van der Waals surface area contributed by atoms with Crippen LogP contribution >= 0.6 is 0 Å². The van der Waals surface area contributed by atoms with Gasteiger partial charge in [-0.3, -0.25) is 4.79 Å². The number of hydrogen-bond acceptors (Lipinski definition) is 3. The Morgan fingerprint density at radius 1 is 1.53 bits per heavy atom. The SMILES string of the molecule is C=COCCCNCc1cccc(C(N)=O)c1. The molecule has 0 saturated heterocycles. The summed E-state index contributed by atoms with van der Waals surface area (Å²) in [6.45, 7) is 5.70. The minimum atomic E-state index is -0.397. The molecule has 0 radical (unpaired) electrons. The van der Waals surface area contributed by atoms with Gasteiger partial charge >= 0.3 is 0 Å². The fraction of sp³-hybridized carbons (Fsp3) is 0.308. The average Bonchev–Trinajstić information content (AvgIpc) is 2.34. The number of benzene rings is 1. The maximum absolute atomic E-state index is 11.0. The molecule has 1 amide bonds. The standard InChI is InChI=1S/C13H18N2O2/c1-2-17-8-4-7-15-10-11-5-3-6-12(9-11)13(14)16/h2-3,5-6,9,15H,1,4,7-8,10H2,(H2,14,16). The van der Waals surface area contributed by atoms with Crippen molar-refractivity contribution in [1.82, 2.24) is 5.32 Å². The molecule has 0 unspecified atom stereocenters. The van der Waals surface area contributed by atoms with Crippen LogP contribution in [0.25, 0.3) is 0 Å². The number of nitrogens with one attached hydrogen (secondary N) is 1. The lowest BCUT2D eigenvalue weighted by molar-refractivity contribution is 0.1000. The largest absolute Gasteiger partial charge is 0.502 e. The van der Waals surface area contributed by atoms with Gasteiger partial charge in [0.15, 0.2) is 0 Å². The molecule has 0 atom stereocenters. The molecule has 17 heavy (non-hydrogen) atoms. The summed E-state index contributed by atoms with van der Waals surface area (Å²) in [6.07, 6.45) is 2.36. The highest BCUT2D eigenvalue weighted by Gasteiger charge is 2.00. The Morgan fingerprint density at radius 2 is 2.35 bits per heavy atom. The minimum Gasteiger partial charge on any atom is -0.502 e. The molecule has 1 aromatic rings. The Bertz CT molecular complexity index is 377. The predicted molar refractivity (Wildman–Crippen MR) is 67.4 cm³/mol. The zero-order valence-corrected chi connectivity index (χ0v) is 9.82. The number of amides is 1. The Kier molecular flexibility index (Phi) is 5.82. The van der Waals surface area contributed by atoms with Gasteiger partial charge in [0.2, 0.25) is 5.91 Å². The third kappa shape index (κ3) is 5.17. The minimum absolute atomic E-state index is 0.397. The van der Waals surface area contributed by atoms with E-state index in [0.717, 1.165) is 25.1 Å². The Balaban J connectivity index is 2.29. The van der Waals surface area contributed by atoms with Crippen molar-refractivity contribution in [3.05, 3.63) is 48.2 Å². The van der Waals surface area contributed by atoms with Gasteiger partial charge in [-0.1, -0.05) is 18.7 Å². The molecule has 0 fully saturated rings. The zero-order valence-electron chi connectivity index (χ0n) is 9.82. The maximum atomic E-state index is 11.0. The van der Waals surface area contributed by atoms with Crippen LogP contribution in [0.15, 0.2) is 37.1 Å². The molecule has 0 saturated carbocycles. The second-order valence-electron chi connectivity index (χ2n) is 3.63. The van der Waals surface area contributed by atoms with Gasteiger partial charge < -0.3 is 15.8 Å². The smallest absolute Gasteiger partial charge is 0.248 e. The summed E-state index contributed by atoms with van der Waals surface area (Å²) in [5.74, 6) is -0.397. The maximum Gasteiger partial charge on any atom is 0.248 e. The molecule has 1 aromatic carbocycles. The van der Waals surface area contributed by atoms with E-state index in [1.165, 1.54) is 6.26 Å². The van der Waals surface area contributed by atoms with Crippen LogP contribution in [0, 0.1) is 0 Å². The number of rotatable bonds is 8. The lowest BCUT2D eigenvalue weighted by Gasteiger charge is -2.05. The zero-order chi connectivity index (χ0) is 12.5. The van der Waals surface area contributed by atoms with Gasteiger partial charge in [0.05, 0.1) is 12.9 Å². The Morgan fingerprint density at radius 3 is 3.06 bits per heavy atom. The van der Waals surface area contributed by atoms with Crippen LogP contribution in [-0.2, 0) is 11.3 Å². The first-order valence-corrected chi connectivity index (χ1v) is 5.56. The summed E-state index contributed by atoms with van der Waals surface area (Å²) in [5.41, 5.74) is 6.80. The van der Waals surface area contributed by atoms with Crippen molar-refractivity contribution in [2.24, 2.45) is 5.73 Å². The quantitative estimate of drug-likeness (QED) is 0.528. The molecule has 3 N–H and O–H groups in total. The Hall–Kier alpha value is -1.81. The van der Waals surface area contributed by atoms with Crippen LogP contribution in [0.2, 0.25) is 0 Å². The summed E-state index contributed by atoms with van der Waals surface area (Å²) in [4.78, 5) is 11.0. The first-order valence-electron chi connectivity index (χ1n) is 5.56.